The van der Waals surface area contributed by atoms with Crippen molar-refractivity contribution in [2.24, 2.45) is 5.73 Å². The molecule has 0 aliphatic heterocycles. The summed E-state index contributed by atoms with van der Waals surface area (Å²) in [5.41, 5.74) is 6.22. The lowest BCUT2D eigenvalue weighted by Gasteiger charge is -2.31. The molecule has 0 unspecified atom stereocenters. The monoisotopic (exact) mass is 223 g/mol. The van der Waals surface area contributed by atoms with E-state index in [1.54, 1.807) is 13.0 Å². The summed E-state index contributed by atoms with van der Waals surface area (Å²) in [6, 6.07) is 3.15. The molecular weight excluding hydrogens is 210 g/mol. The first-order valence-electron chi connectivity index (χ1n) is 5.10. The Balaban J connectivity index is 2.17. The molecule has 1 aliphatic rings. The van der Waals surface area contributed by atoms with Gasteiger partial charge in [-0.25, -0.2) is 4.98 Å². The molecule has 0 bridgehead atoms. The normalized spacial score (nSPS) is 23.6. The summed E-state index contributed by atoms with van der Waals surface area (Å²) in [6.07, 6.45) is 1.42. The lowest BCUT2D eigenvalue weighted by atomic mass is 9.90. The number of hydrogen-bond donors (Lipinski definition) is 1. The number of aryl methyl sites for hydroxylation is 1. The van der Waals surface area contributed by atoms with Gasteiger partial charge in [-0.3, -0.25) is 10.1 Å². The van der Waals surface area contributed by atoms with E-state index in [9.17, 15) is 10.1 Å². The predicted octanol–water partition coefficient (Wildman–Crippen LogP) is 1.17. The van der Waals surface area contributed by atoms with Gasteiger partial charge < -0.3 is 10.5 Å². The molecule has 16 heavy (non-hydrogen) atoms. The van der Waals surface area contributed by atoms with Crippen molar-refractivity contribution in [3.05, 3.63) is 27.9 Å². The minimum atomic E-state index is -0.486. The van der Waals surface area contributed by atoms with Gasteiger partial charge >= 0.3 is 5.69 Å². The molecule has 0 atom stereocenters. The Hall–Kier alpha value is -1.69. The average molecular weight is 223 g/mol. The van der Waals surface area contributed by atoms with Crippen molar-refractivity contribution in [2.45, 2.75) is 31.9 Å². The molecule has 6 heteroatoms. The summed E-state index contributed by atoms with van der Waals surface area (Å²) in [4.78, 5) is 14.3. The fourth-order valence-electron chi connectivity index (χ4n) is 1.61. The molecule has 1 aliphatic carbocycles. The molecule has 1 fully saturated rings. The molecule has 1 aromatic rings. The van der Waals surface area contributed by atoms with Crippen LogP contribution in [0.15, 0.2) is 12.1 Å². The number of pyridine rings is 1. The van der Waals surface area contributed by atoms with E-state index in [0.29, 0.717) is 5.69 Å². The third kappa shape index (κ3) is 2.11. The summed E-state index contributed by atoms with van der Waals surface area (Å²) in [5, 5.41) is 10.7. The van der Waals surface area contributed by atoms with E-state index in [0.717, 1.165) is 12.8 Å². The third-order valence-electron chi connectivity index (χ3n) is 2.59. The van der Waals surface area contributed by atoms with Gasteiger partial charge in [0.2, 0.25) is 0 Å². The van der Waals surface area contributed by atoms with Gasteiger partial charge in [0.1, 0.15) is 6.10 Å². The van der Waals surface area contributed by atoms with Gasteiger partial charge in [0.05, 0.1) is 4.92 Å². The van der Waals surface area contributed by atoms with E-state index in [1.165, 1.54) is 6.07 Å². The number of nitrogens with zero attached hydrogens (tertiary/aromatic N) is 2. The van der Waals surface area contributed by atoms with Crippen LogP contribution in [0.2, 0.25) is 0 Å². The van der Waals surface area contributed by atoms with Gasteiger partial charge in [-0.05, 0) is 25.8 Å². The maximum absolute atomic E-state index is 10.7. The van der Waals surface area contributed by atoms with Crippen molar-refractivity contribution in [1.82, 2.24) is 4.98 Å². The number of ether oxygens (including phenoxy) is 1. The van der Waals surface area contributed by atoms with E-state index >= 15 is 0 Å². The molecule has 1 saturated carbocycles. The largest absolute Gasteiger partial charge is 0.469 e. The standard InChI is InChI=1S/C10H13N3O3/c1-6-2-3-9(13(14)15)10(12-6)16-8-4-7(11)5-8/h2-3,7-8H,4-5,11H2,1H3. The second-order valence-corrected chi connectivity index (χ2v) is 4.01. The summed E-state index contributed by atoms with van der Waals surface area (Å²) < 4.78 is 5.46. The van der Waals surface area contributed by atoms with Crippen LogP contribution < -0.4 is 10.5 Å². The molecule has 1 aromatic heterocycles. The topological polar surface area (TPSA) is 91.3 Å². The minimum absolute atomic E-state index is 0.0389. The molecule has 86 valence electrons. The number of nitro groups is 1. The highest BCUT2D eigenvalue weighted by molar-refractivity contribution is 5.41. The smallest absolute Gasteiger partial charge is 0.330 e. The summed E-state index contributed by atoms with van der Waals surface area (Å²) in [5.74, 6) is 0.0990. The zero-order valence-corrected chi connectivity index (χ0v) is 8.92. The number of aromatic nitrogens is 1. The van der Waals surface area contributed by atoms with Gasteiger partial charge in [-0.15, -0.1) is 0 Å². The highest BCUT2D eigenvalue weighted by Gasteiger charge is 2.30. The lowest BCUT2D eigenvalue weighted by molar-refractivity contribution is -0.386. The fourth-order valence-corrected chi connectivity index (χ4v) is 1.61. The average Bonchev–Trinajstić information content (AvgIpc) is 2.15. The van der Waals surface area contributed by atoms with E-state index in [4.69, 9.17) is 10.5 Å². The maximum Gasteiger partial charge on any atom is 0.330 e. The van der Waals surface area contributed by atoms with Gasteiger partial charge in [0.15, 0.2) is 0 Å². The van der Waals surface area contributed by atoms with E-state index in [1.807, 2.05) is 0 Å². The molecule has 0 amide bonds. The van der Waals surface area contributed by atoms with E-state index in [-0.39, 0.29) is 23.7 Å². The zero-order chi connectivity index (χ0) is 11.7. The van der Waals surface area contributed by atoms with Crippen molar-refractivity contribution < 1.29 is 9.66 Å². The summed E-state index contributed by atoms with van der Waals surface area (Å²) in [7, 11) is 0. The molecule has 0 radical (unpaired) electrons. The highest BCUT2D eigenvalue weighted by atomic mass is 16.6. The quantitative estimate of drug-likeness (QED) is 0.613. The van der Waals surface area contributed by atoms with Gasteiger partial charge in [-0.2, -0.15) is 0 Å². The summed E-state index contributed by atoms with van der Waals surface area (Å²) >= 11 is 0. The van der Waals surface area contributed by atoms with Crippen molar-refractivity contribution in [3.8, 4) is 5.88 Å². The molecule has 0 aromatic carbocycles. The van der Waals surface area contributed by atoms with Crippen molar-refractivity contribution in [1.29, 1.82) is 0 Å². The molecule has 0 saturated heterocycles. The van der Waals surface area contributed by atoms with Crippen LogP contribution in [0.3, 0.4) is 0 Å². The van der Waals surface area contributed by atoms with Crippen LogP contribution in [-0.4, -0.2) is 22.1 Å². The molecule has 0 spiro atoms. The van der Waals surface area contributed by atoms with Crippen LogP contribution in [0, 0.1) is 17.0 Å². The van der Waals surface area contributed by atoms with Crippen LogP contribution in [0.1, 0.15) is 18.5 Å². The maximum atomic E-state index is 10.7. The van der Waals surface area contributed by atoms with Crippen molar-refractivity contribution in [3.63, 3.8) is 0 Å². The molecule has 1 heterocycles. The Morgan fingerprint density at radius 3 is 2.81 bits per heavy atom. The Kier molecular flexibility index (Phi) is 2.74. The van der Waals surface area contributed by atoms with Crippen LogP contribution >= 0.6 is 0 Å². The Morgan fingerprint density at radius 1 is 1.56 bits per heavy atom. The molecule has 6 nitrogen and oxygen atoms in total. The number of hydrogen-bond acceptors (Lipinski definition) is 5. The van der Waals surface area contributed by atoms with E-state index in [2.05, 4.69) is 4.98 Å². The van der Waals surface area contributed by atoms with Crippen LogP contribution in [-0.2, 0) is 0 Å². The summed E-state index contributed by atoms with van der Waals surface area (Å²) in [6.45, 7) is 1.77. The van der Waals surface area contributed by atoms with Crippen molar-refractivity contribution in [2.75, 3.05) is 0 Å². The fraction of sp³-hybridized carbons (Fsp3) is 0.500. The molecule has 2 N–H and O–H groups in total. The number of nitrogens with two attached hydrogens (primary N) is 1. The SMILES string of the molecule is Cc1ccc([N+](=O)[O-])c(OC2CC(N)C2)n1. The van der Waals surface area contributed by atoms with Gasteiger partial charge in [-0.1, -0.05) is 0 Å². The lowest BCUT2D eigenvalue weighted by Crippen LogP contribution is -2.43. The molecule has 2 rings (SSSR count). The Bertz CT molecular complexity index is 416. The first kappa shape index (κ1) is 10.8. The molecular formula is C10H13N3O3. The van der Waals surface area contributed by atoms with Crippen molar-refractivity contribution >= 4 is 5.69 Å². The Morgan fingerprint density at radius 2 is 2.25 bits per heavy atom. The number of rotatable bonds is 3. The van der Waals surface area contributed by atoms with Gasteiger partial charge in [0, 0.05) is 17.8 Å². The Labute approximate surface area is 92.6 Å². The van der Waals surface area contributed by atoms with Gasteiger partial charge in [0.25, 0.3) is 5.88 Å². The second kappa shape index (κ2) is 4.05. The first-order valence-corrected chi connectivity index (χ1v) is 5.10. The van der Waals surface area contributed by atoms with E-state index < -0.39 is 4.92 Å². The predicted molar refractivity (Wildman–Crippen MR) is 57.3 cm³/mol. The third-order valence-corrected chi connectivity index (χ3v) is 2.59. The highest BCUT2D eigenvalue weighted by Crippen LogP contribution is 2.30. The van der Waals surface area contributed by atoms with Crippen LogP contribution in [0.5, 0.6) is 5.88 Å². The van der Waals surface area contributed by atoms with Crippen LogP contribution in [0.25, 0.3) is 0 Å². The zero-order valence-electron chi connectivity index (χ0n) is 8.92. The minimum Gasteiger partial charge on any atom is -0.469 e. The van der Waals surface area contributed by atoms with Crippen LogP contribution in [0.4, 0.5) is 5.69 Å². The second-order valence-electron chi connectivity index (χ2n) is 4.01. The first-order chi connectivity index (χ1) is 7.56.